The van der Waals surface area contributed by atoms with E-state index in [-0.39, 0.29) is 11.6 Å². The van der Waals surface area contributed by atoms with E-state index in [1.54, 1.807) is 6.26 Å². The predicted octanol–water partition coefficient (Wildman–Crippen LogP) is -0.473. The minimum Gasteiger partial charge on any atom is -0.493 e. The smallest absolute Gasteiger partial charge is 0.273 e. The molecule has 1 atom stereocenters. The quantitative estimate of drug-likeness (QED) is 0.717. The number of amides is 1. The molecule has 0 radical (unpaired) electrons. The monoisotopic (exact) mass is 231 g/mol. The van der Waals surface area contributed by atoms with Gasteiger partial charge in [0.2, 0.25) is 0 Å². The van der Waals surface area contributed by atoms with Gasteiger partial charge >= 0.3 is 0 Å². The maximum Gasteiger partial charge on any atom is 0.273 e. The van der Waals surface area contributed by atoms with Crippen LogP contribution in [0, 0.1) is 0 Å². The predicted molar refractivity (Wildman–Crippen MR) is 56.4 cm³/mol. The van der Waals surface area contributed by atoms with Gasteiger partial charge in [-0.15, -0.1) is 0 Å². The van der Waals surface area contributed by atoms with Crippen LogP contribution in [0.3, 0.4) is 0 Å². The molecule has 0 aliphatic carbocycles. The fraction of sp³-hybridized carbons (Fsp3) is 0.500. The summed E-state index contributed by atoms with van der Waals surface area (Å²) in [7, 11) is 0.553. The molecule has 1 amide bonds. The van der Waals surface area contributed by atoms with Crippen LogP contribution in [0.15, 0.2) is 6.20 Å². The second kappa shape index (κ2) is 5.50. The number of carbonyl (C=O) groups excluding carboxylic acids is 1. The van der Waals surface area contributed by atoms with Gasteiger partial charge in [-0.05, 0) is 0 Å². The number of H-pyrrole nitrogens is 1. The van der Waals surface area contributed by atoms with E-state index in [0.717, 1.165) is 0 Å². The summed E-state index contributed by atoms with van der Waals surface area (Å²) >= 11 is 0. The van der Waals surface area contributed by atoms with Crippen LogP contribution < -0.4 is 10.1 Å². The Bertz CT molecular complexity index is 364. The molecule has 1 unspecified atom stereocenters. The SMILES string of the molecule is COc1cn[nH]c1C(=O)NCCS(C)=O. The highest BCUT2D eigenvalue weighted by molar-refractivity contribution is 7.84. The summed E-state index contributed by atoms with van der Waals surface area (Å²) in [4.78, 5) is 11.5. The minimum atomic E-state index is -0.908. The second-order valence-corrected chi connectivity index (χ2v) is 4.40. The molecule has 0 aromatic carbocycles. The van der Waals surface area contributed by atoms with E-state index in [1.165, 1.54) is 13.3 Å². The molecular formula is C8H13N3O3S. The Hall–Kier alpha value is -1.37. The zero-order chi connectivity index (χ0) is 11.3. The van der Waals surface area contributed by atoms with Crippen LogP contribution in [0.1, 0.15) is 10.5 Å². The normalized spacial score (nSPS) is 12.1. The van der Waals surface area contributed by atoms with Gasteiger partial charge in [-0.1, -0.05) is 0 Å². The summed E-state index contributed by atoms with van der Waals surface area (Å²) in [5.74, 6) is 0.516. The molecule has 84 valence electrons. The number of rotatable bonds is 5. The number of nitrogens with zero attached hydrogens (tertiary/aromatic N) is 1. The molecule has 0 fully saturated rings. The Labute approximate surface area is 89.9 Å². The lowest BCUT2D eigenvalue weighted by Crippen LogP contribution is -2.28. The number of aromatic amines is 1. The molecule has 6 nitrogen and oxygen atoms in total. The van der Waals surface area contributed by atoms with Gasteiger partial charge in [-0.25, -0.2) is 0 Å². The number of nitrogens with one attached hydrogen (secondary N) is 2. The van der Waals surface area contributed by atoms with Crippen molar-refractivity contribution in [3.05, 3.63) is 11.9 Å². The van der Waals surface area contributed by atoms with Crippen molar-refractivity contribution in [2.45, 2.75) is 0 Å². The molecule has 1 rings (SSSR count). The standard InChI is InChI=1S/C8H13N3O3S/c1-14-6-5-10-11-7(6)8(12)9-3-4-15(2)13/h5H,3-4H2,1-2H3,(H,9,12)(H,10,11). The third-order valence-electron chi connectivity index (χ3n) is 1.73. The molecule has 1 heterocycles. The number of methoxy groups -OCH3 is 1. The number of hydrogen-bond donors (Lipinski definition) is 2. The molecule has 0 saturated carbocycles. The minimum absolute atomic E-state index is 0.277. The fourth-order valence-electron chi connectivity index (χ4n) is 0.989. The lowest BCUT2D eigenvalue weighted by atomic mass is 10.4. The van der Waals surface area contributed by atoms with E-state index in [0.29, 0.717) is 18.0 Å². The molecule has 0 spiro atoms. The molecule has 0 aliphatic heterocycles. The largest absolute Gasteiger partial charge is 0.493 e. The molecule has 2 N–H and O–H groups in total. The molecule has 1 aromatic heterocycles. The zero-order valence-electron chi connectivity index (χ0n) is 8.57. The first-order chi connectivity index (χ1) is 7.15. The van der Waals surface area contributed by atoms with Gasteiger partial charge in [-0.3, -0.25) is 14.1 Å². The maximum absolute atomic E-state index is 11.5. The Kier molecular flexibility index (Phi) is 4.29. The summed E-state index contributed by atoms with van der Waals surface area (Å²) in [6.07, 6.45) is 3.01. The van der Waals surface area contributed by atoms with E-state index in [4.69, 9.17) is 4.74 Å². The topological polar surface area (TPSA) is 84.1 Å². The Morgan fingerprint density at radius 1 is 1.73 bits per heavy atom. The third-order valence-corrected chi connectivity index (χ3v) is 2.51. The average Bonchev–Trinajstić information content (AvgIpc) is 2.64. The van der Waals surface area contributed by atoms with Crippen LogP contribution >= 0.6 is 0 Å². The first kappa shape index (κ1) is 11.7. The maximum atomic E-state index is 11.5. The van der Waals surface area contributed by atoms with Gasteiger partial charge in [0, 0.05) is 29.4 Å². The van der Waals surface area contributed by atoms with Crippen molar-refractivity contribution in [3.8, 4) is 5.75 Å². The highest BCUT2D eigenvalue weighted by Crippen LogP contribution is 2.12. The highest BCUT2D eigenvalue weighted by atomic mass is 32.2. The van der Waals surface area contributed by atoms with Gasteiger partial charge in [0.15, 0.2) is 11.4 Å². The van der Waals surface area contributed by atoms with Crippen molar-refractivity contribution in [2.24, 2.45) is 0 Å². The zero-order valence-corrected chi connectivity index (χ0v) is 9.39. The van der Waals surface area contributed by atoms with E-state index in [1.807, 2.05) is 0 Å². The van der Waals surface area contributed by atoms with Crippen LogP contribution in [0.2, 0.25) is 0 Å². The van der Waals surface area contributed by atoms with Crippen LogP contribution in [0.25, 0.3) is 0 Å². The van der Waals surface area contributed by atoms with Gasteiger partial charge in [0.25, 0.3) is 5.91 Å². The highest BCUT2D eigenvalue weighted by Gasteiger charge is 2.13. The van der Waals surface area contributed by atoms with Gasteiger partial charge in [0.05, 0.1) is 13.3 Å². The lowest BCUT2D eigenvalue weighted by Gasteiger charge is -2.03. The van der Waals surface area contributed by atoms with Crippen molar-refractivity contribution in [2.75, 3.05) is 25.7 Å². The number of carbonyl (C=O) groups is 1. The average molecular weight is 231 g/mol. The Morgan fingerprint density at radius 3 is 3.07 bits per heavy atom. The fourth-order valence-corrected chi connectivity index (χ4v) is 1.38. The van der Waals surface area contributed by atoms with E-state index < -0.39 is 10.8 Å². The van der Waals surface area contributed by atoms with Gasteiger partial charge in [0.1, 0.15) is 0 Å². The van der Waals surface area contributed by atoms with Crippen molar-refractivity contribution in [1.82, 2.24) is 15.5 Å². The first-order valence-corrected chi connectivity index (χ1v) is 6.03. The van der Waals surface area contributed by atoms with Crippen LogP contribution in [-0.4, -0.2) is 46.0 Å². The molecule has 15 heavy (non-hydrogen) atoms. The van der Waals surface area contributed by atoms with Crippen LogP contribution in [0.4, 0.5) is 0 Å². The Balaban J connectivity index is 2.50. The first-order valence-electron chi connectivity index (χ1n) is 4.30. The summed E-state index contributed by atoms with van der Waals surface area (Å²) in [6.45, 7) is 0.365. The Morgan fingerprint density at radius 2 is 2.47 bits per heavy atom. The lowest BCUT2D eigenvalue weighted by molar-refractivity contribution is 0.0948. The van der Waals surface area contributed by atoms with E-state index in [9.17, 15) is 9.00 Å². The van der Waals surface area contributed by atoms with Gasteiger partial charge < -0.3 is 10.1 Å². The van der Waals surface area contributed by atoms with E-state index >= 15 is 0 Å². The van der Waals surface area contributed by atoms with Crippen molar-refractivity contribution in [3.63, 3.8) is 0 Å². The van der Waals surface area contributed by atoms with Crippen molar-refractivity contribution >= 4 is 16.7 Å². The molecule has 0 aliphatic rings. The van der Waals surface area contributed by atoms with Crippen molar-refractivity contribution < 1.29 is 13.7 Å². The number of ether oxygens (including phenoxy) is 1. The molecule has 0 saturated heterocycles. The molecular weight excluding hydrogens is 218 g/mol. The number of hydrogen-bond acceptors (Lipinski definition) is 4. The van der Waals surface area contributed by atoms with Gasteiger partial charge in [-0.2, -0.15) is 5.10 Å². The summed E-state index contributed by atoms with van der Waals surface area (Å²) < 4.78 is 15.7. The molecule has 7 heteroatoms. The van der Waals surface area contributed by atoms with Crippen LogP contribution in [-0.2, 0) is 10.8 Å². The molecule has 0 bridgehead atoms. The summed E-state index contributed by atoms with van der Waals surface area (Å²) in [5, 5.41) is 8.83. The molecule has 1 aromatic rings. The van der Waals surface area contributed by atoms with Crippen molar-refractivity contribution in [1.29, 1.82) is 0 Å². The second-order valence-electron chi connectivity index (χ2n) is 2.85. The van der Waals surface area contributed by atoms with E-state index in [2.05, 4.69) is 15.5 Å². The third kappa shape index (κ3) is 3.35. The van der Waals surface area contributed by atoms with Crippen LogP contribution in [0.5, 0.6) is 5.75 Å². The summed E-state index contributed by atoms with van der Waals surface area (Å²) in [6, 6.07) is 0. The number of aromatic nitrogens is 2. The summed E-state index contributed by atoms with van der Waals surface area (Å²) in [5.41, 5.74) is 0.277.